The fourth-order valence-electron chi connectivity index (χ4n) is 4.99. The highest BCUT2D eigenvalue weighted by Gasteiger charge is 2.32. The van der Waals surface area contributed by atoms with Gasteiger partial charge in [-0.1, -0.05) is 35.6 Å². The molecule has 3 heterocycles. The Labute approximate surface area is 263 Å². The van der Waals surface area contributed by atoms with E-state index in [4.69, 9.17) is 17.4 Å². The average Bonchev–Trinajstić information content (AvgIpc) is 3.02. The van der Waals surface area contributed by atoms with Gasteiger partial charge in [0.15, 0.2) is 0 Å². The Morgan fingerprint density at radius 1 is 1.07 bits per heavy atom. The standard InChI is InChI=1S/C31H27ClN6O6S/c1-45(43,44)37-28-16-26-23(17-34-28)22(29(39)36-33)15-25(35-26)20-9-6-18(7-10-20)5-8-19-11-12-21(14-24(19)32)30(40)38-13-3-2-4-27(38)31(41)42/h6-7,9-12,14-17,27H,2-4,13,33H2,1H3,(H,34,37)(H,36,39)(H,41,42). The molecule has 2 amide bonds. The predicted molar refractivity (Wildman–Crippen MR) is 169 cm³/mol. The fourth-order valence-corrected chi connectivity index (χ4v) is 5.71. The van der Waals surface area contributed by atoms with Crippen LogP contribution in [-0.2, 0) is 14.8 Å². The number of fused-ring (bicyclic) bond motifs is 1. The highest BCUT2D eigenvalue weighted by molar-refractivity contribution is 7.92. The van der Waals surface area contributed by atoms with Crippen molar-refractivity contribution < 1.29 is 27.9 Å². The summed E-state index contributed by atoms with van der Waals surface area (Å²) in [4.78, 5) is 47.2. The van der Waals surface area contributed by atoms with Crippen molar-refractivity contribution in [1.29, 1.82) is 0 Å². The van der Waals surface area contributed by atoms with Gasteiger partial charge in [-0.2, -0.15) is 0 Å². The number of carbonyl (C=O) groups excluding carboxylic acids is 2. The van der Waals surface area contributed by atoms with E-state index in [0.717, 1.165) is 19.1 Å². The van der Waals surface area contributed by atoms with E-state index < -0.39 is 27.9 Å². The Hall–Kier alpha value is -5.03. The molecule has 0 radical (unpaired) electrons. The summed E-state index contributed by atoms with van der Waals surface area (Å²) in [6.07, 6.45) is 4.26. The minimum Gasteiger partial charge on any atom is -0.480 e. The van der Waals surface area contributed by atoms with E-state index in [9.17, 15) is 27.9 Å². The van der Waals surface area contributed by atoms with Crippen molar-refractivity contribution in [1.82, 2.24) is 20.3 Å². The zero-order chi connectivity index (χ0) is 32.3. The van der Waals surface area contributed by atoms with Gasteiger partial charge in [0.2, 0.25) is 10.0 Å². The number of halogens is 1. The van der Waals surface area contributed by atoms with Gasteiger partial charge in [-0.25, -0.2) is 29.0 Å². The Kier molecular flexibility index (Phi) is 9.01. The molecule has 1 fully saturated rings. The lowest BCUT2D eigenvalue weighted by molar-refractivity contribution is -0.143. The number of aliphatic carboxylic acids is 1. The molecular formula is C31H27ClN6O6S. The minimum atomic E-state index is -3.59. The quantitative estimate of drug-likeness (QED) is 0.105. The summed E-state index contributed by atoms with van der Waals surface area (Å²) < 4.78 is 25.6. The number of piperidine rings is 1. The third kappa shape index (κ3) is 7.21. The lowest BCUT2D eigenvalue weighted by Gasteiger charge is -2.33. The number of likely N-dealkylation sites (tertiary alicyclic amines) is 1. The van der Waals surface area contributed by atoms with Gasteiger partial charge >= 0.3 is 5.97 Å². The molecule has 0 spiro atoms. The molecule has 1 aliphatic heterocycles. The van der Waals surface area contributed by atoms with Crippen LogP contribution in [0.4, 0.5) is 5.82 Å². The van der Waals surface area contributed by atoms with E-state index in [-0.39, 0.29) is 22.3 Å². The summed E-state index contributed by atoms with van der Waals surface area (Å²) in [5, 5.41) is 10.2. The second kappa shape index (κ2) is 12.9. The van der Waals surface area contributed by atoms with Crippen molar-refractivity contribution in [3.8, 4) is 23.1 Å². The topological polar surface area (TPSA) is 185 Å². The Morgan fingerprint density at radius 2 is 1.82 bits per heavy atom. The number of aromatic nitrogens is 2. The molecule has 4 aromatic rings. The van der Waals surface area contributed by atoms with E-state index in [2.05, 4.69) is 32.0 Å². The first-order valence-corrected chi connectivity index (χ1v) is 16.0. The first-order valence-electron chi connectivity index (χ1n) is 13.7. The van der Waals surface area contributed by atoms with Crippen LogP contribution in [0.5, 0.6) is 0 Å². The van der Waals surface area contributed by atoms with Gasteiger partial charge in [0.1, 0.15) is 11.9 Å². The summed E-state index contributed by atoms with van der Waals surface area (Å²) in [5.41, 5.74) is 5.15. The van der Waals surface area contributed by atoms with Crippen molar-refractivity contribution >= 4 is 56.1 Å². The van der Waals surface area contributed by atoms with E-state index in [0.29, 0.717) is 51.8 Å². The first kappa shape index (κ1) is 31.4. The zero-order valence-electron chi connectivity index (χ0n) is 23.9. The number of nitrogens with zero attached hydrogens (tertiary/aromatic N) is 3. The Morgan fingerprint density at radius 3 is 2.49 bits per heavy atom. The molecule has 45 heavy (non-hydrogen) atoms. The van der Waals surface area contributed by atoms with Crippen molar-refractivity contribution in [3.63, 3.8) is 0 Å². The number of benzene rings is 2. The van der Waals surface area contributed by atoms with Crippen LogP contribution in [-0.4, -0.2) is 65.0 Å². The molecule has 1 saturated heterocycles. The van der Waals surface area contributed by atoms with Crippen molar-refractivity contribution in [2.75, 3.05) is 17.5 Å². The number of nitrogens with one attached hydrogen (secondary N) is 2. The van der Waals surface area contributed by atoms with Crippen molar-refractivity contribution in [2.45, 2.75) is 25.3 Å². The molecule has 14 heteroatoms. The number of amides is 2. The van der Waals surface area contributed by atoms with Crippen LogP contribution in [0.2, 0.25) is 5.02 Å². The second-order valence-corrected chi connectivity index (χ2v) is 12.5. The number of sulfonamides is 1. The molecule has 5 N–H and O–H groups in total. The number of carbonyl (C=O) groups is 3. The summed E-state index contributed by atoms with van der Waals surface area (Å²) in [5.74, 6) is 9.49. The molecule has 12 nitrogen and oxygen atoms in total. The zero-order valence-corrected chi connectivity index (χ0v) is 25.4. The molecule has 0 saturated carbocycles. The number of anilines is 1. The van der Waals surface area contributed by atoms with Gasteiger partial charge in [-0.05, 0) is 55.7 Å². The highest BCUT2D eigenvalue weighted by atomic mass is 35.5. The maximum atomic E-state index is 13.0. The monoisotopic (exact) mass is 646 g/mol. The maximum Gasteiger partial charge on any atom is 0.326 e. The fraction of sp³-hybridized carbons (Fsp3) is 0.194. The number of hydrogen-bond acceptors (Lipinski definition) is 8. The molecule has 1 atom stereocenters. The number of hydrogen-bond donors (Lipinski definition) is 4. The normalized spacial score (nSPS) is 14.7. The number of hydrazine groups is 1. The third-order valence-electron chi connectivity index (χ3n) is 7.15. The van der Waals surface area contributed by atoms with Crippen molar-refractivity contribution in [2.24, 2.45) is 5.84 Å². The van der Waals surface area contributed by atoms with Crippen LogP contribution in [0.1, 0.15) is 51.1 Å². The Bertz CT molecular complexity index is 2010. The maximum absolute atomic E-state index is 13.0. The number of carboxylic acids is 1. The first-order chi connectivity index (χ1) is 21.4. The van der Waals surface area contributed by atoms with Gasteiger partial charge in [0.05, 0.1) is 28.1 Å². The predicted octanol–water partition coefficient (Wildman–Crippen LogP) is 3.40. The Balaban J connectivity index is 1.39. The van der Waals surface area contributed by atoms with Crippen LogP contribution in [0.3, 0.4) is 0 Å². The lowest BCUT2D eigenvalue weighted by Crippen LogP contribution is -2.47. The molecule has 1 aliphatic rings. The minimum absolute atomic E-state index is 0.0476. The molecule has 5 rings (SSSR count). The summed E-state index contributed by atoms with van der Waals surface area (Å²) in [7, 11) is -3.59. The van der Waals surface area contributed by atoms with Gasteiger partial charge < -0.3 is 10.0 Å². The van der Waals surface area contributed by atoms with Crippen LogP contribution >= 0.6 is 11.6 Å². The van der Waals surface area contributed by atoms with Gasteiger partial charge in [0, 0.05) is 46.4 Å². The number of carboxylic acid groups (broad SMARTS) is 1. The van der Waals surface area contributed by atoms with Gasteiger partial charge in [-0.3, -0.25) is 19.7 Å². The number of nitrogens with two attached hydrogens (primary N) is 1. The summed E-state index contributed by atoms with van der Waals surface area (Å²) in [6, 6.07) is 13.9. The number of nitrogen functional groups attached to an aromatic ring is 1. The molecular weight excluding hydrogens is 620 g/mol. The molecule has 2 aromatic carbocycles. The smallest absolute Gasteiger partial charge is 0.326 e. The van der Waals surface area contributed by atoms with E-state index in [1.54, 1.807) is 42.5 Å². The molecule has 230 valence electrons. The van der Waals surface area contributed by atoms with E-state index >= 15 is 0 Å². The average molecular weight is 647 g/mol. The van der Waals surface area contributed by atoms with E-state index in [1.807, 2.05) is 0 Å². The highest BCUT2D eigenvalue weighted by Crippen LogP contribution is 2.27. The van der Waals surface area contributed by atoms with Gasteiger partial charge in [-0.15, -0.1) is 0 Å². The lowest BCUT2D eigenvalue weighted by atomic mass is 10.0. The molecule has 2 aromatic heterocycles. The van der Waals surface area contributed by atoms with Crippen LogP contribution in [0.15, 0.2) is 60.8 Å². The van der Waals surface area contributed by atoms with Crippen LogP contribution in [0.25, 0.3) is 22.2 Å². The summed E-state index contributed by atoms with van der Waals surface area (Å²) in [6.45, 7) is 0.375. The SMILES string of the molecule is CS(=O)(=O)Nc1cc2nc(-c3ccc(C#Cc4ccc(C(=O)N5CCCCC5C(=O)O)cc4Cl)cc3)cc(C(=O)NN)c2cn1. The summed E-state index contributed by atoms with van der Waals surface area (Å²) >= 11 is 6.45. The van der Waals surface area contributed by atoms with Gasteiger partial charge in [0.25, 0.3) is 11.8 Å². The third-order valence-corrected chi connectivity index (χ3v) is 8.04. The molecule has 1 unspecified atom stereocenters. The van der Waals surface area contributed by atoms with Crippen LogP contribution in [0, 0.1) is 11.8 Å². The number of rotatable bonds is 6. The van der Waals surface area contributed by atoms with Crippen molar-refractivity contribution in [3.05, 3.63) is 88.1 Å². The molecule has 0 bridgehead atoms. The molecule has 0 aliphatic carbocycles. The van der Waals surface area contributed by atoms with E-state index in [1.165, 1.54) is 23.2 Å². The number of pyridine rings is 2. The van der Waals surface area contributed by atoms with Crippen LogP contribution < -0.4 is 16.0 Å². The second-order valence-electron chi connectivity index (χ2n) is 10.4. The largest absolute Gasteiger partial charge is 0.480 e.